The van der Waals surface area contributed by atoms with Crippen LogP contribution in [0.1, 0.15) is 53.4 Å². The molecule has 136 valence electrons. The van der Waals surface area contributed by atoms with Crippen LogP contribution in [0.2, 0.25) is 0 Å². The molecule has 0 aromatic heterocycles. The van der Waals surface area contributed by atoms with Crippen LogP contribution < -0.4 is 0 Å². The van der Waals surface area contributed by atoms with Crippen LogP contribution in [-0.4, -0.2) is 34.6 Å². The minimum Gasteiger partial charge on any atom is -0.390 e. The summed E-state index contributed by atoms with van der Waals surface area (Å²) in [6, 6.07) is 0. The molecule has 0 aromatic rings. The Kier molecular flexibility index (Phi) is 4.30. The largest absolute Gasteiger partial charge is 0.390 e. The molecule has 0 bridgehead atoms. The summed E-state index contributed by atoms with van der Waals surface area (Å²) in [5, 5.41) is 21.1. The van der Waals surface area contributed by atoms with Gasteiger partial charge in [-0.15, -0.1) is 0 Å². The fraction of sp³-hybridized carbons (Fsp3) is 0.810. The fourth-order valence-corrected chi connectivity index (χ4v) is 5.90. The number of methoxy groups -OCH3 is 1. The van der Waals surface area contributed by atoms with Crippen LogP contribution in [0.15, 0.2) is 24.3 Å². The molecule has 0 heterocycles. The summed E-state index contributed by atoms with van der Waals surface area (Å²) in [6.45, 7) is 12.2. The molecule has 0 saturated heterocycles. The van der Waals surface area contributed by atoms with Crippen LogP contribution in [0, 0.1) is 29.1 Å². The van der Waals surface area contributed by atoms with Gasteiger partial charge in [0.25, 0.3) is 0 Å². The maximum absolute atomic E-state index is 11.0. The van der Waals surface area contributed by atoms with Gasteiger partial charge in [-0.05, 0) is 70.1 Å². The lowest BCUT2D eigenvalue weighted by Crippen LogP contribution is -2.37. The molecule has 3 aliphatic carbocycles. The molecule has 0 aliphatic heterocycles. The van der Waals surface area contributed by atoms with Crippen LogP contribution in [-0.2, 0) is 4.74 Å². The first-order valence-electron chi connectivity index (χ1n) is 9.37. The van der Waals surface area contributed by atoms with Gasteiger partial charge >= 0.3 is 0 Å². The average molecular weight is 335 g/mol. The van der Waals surface area contributed by atoms with E-state index >= 15 is 0 Å². The quantitative estimate of drug-likeness (QED) is 0.771. The lowest BCUT2D eigenvalue weighted by Gasteiger charge is -2.33. The molecule has 2 N–H and O–H groups in total. The van der Waals surface area contributed by atoms with E-state index in [1.54, 1.807) is 21.0 Å². The fourth-order valence-electron chi connectivity index (χ4n) is 5.90. The Hall–Kier alpha value is -0.640. The first-order chi connectivity index (χ1) is 11.0. The Morgan fingerprint density at radius 1 is 1.29 bits per heavy atom. The number of ether oxygens (including phenoxy) is 1. The Labute approximate surface area is 146 Å². The Bertz CT molecular complexity index is 542. The van der Waals surface area contributed by atoms with Gasteiger partial charge < -0.3 is 14.9 Å². The van der Waals surface area contributed by atoms with E-state index in [2.05, 4.69) is 13.5 Å². The van der Waals surface area contributed by atoms with Gasteiger partial charge in [-0.25, -0.2) is 0 Å². The average Bonchev–Trinajstić information content (AvgIpc) is 2.96. The highest BCUT2D eigenvalue weighted by Crippen LogP contribution is 2.73. The zero-order chi connectivity index (χ0) is 17.9. The van der Waals surface area contributed by atoms with Crippen molar-refractivity contribution in [1.82, 2.24) is 0 Å². The van der Waals surface area contributed by atoms with Gasteiger partial charge in [0.15, 0.2) is 0 Å². The van der Waals surface area contributed by atoms with E-state index in [4.69, 9.17) is 4.74 Å². The zero-order valence-corrected chi connectivity index (χ0v) is 15.9. The summed E-state index contributed by atoms with van der Waals surface area (Å²) in [7, 11) is 1.76. The monoisotopic (exact) mass is 334 g/mol. The molecule has 3 rings (SSSR count). The number of fused-ring (bicyclic) bond motifs is 3. The highest BCUT2D eigenvalue weighted by molar-refractivity contribution is 5.27. The van der Waals surface area contributed by atoms with Gasteiger partial charge in [0.1, 0.15) is 0 Å². The smallest absolute Gasteiger partial charge is 0.0812 e. The number of hydrogen-bond donors (Lipinski definition) is 2. The third kappa shape index (κ3) is 2.79. The third-order valence-corrected chi connectivity index (χ3v) is 7.19. The van der Waals surface area contributed by atoms with Crippen molar-refractivity contribution in [1.29, 1.82) is 0 Å². The van der Waals surface area contributed by atoms with Gasteiger partial charge in [-0.1, -0.05) is 31.2 Å². The molecule has 3 fully saturated rings. The van der Waals surface area contributed by atoms with Gasteiger partial charge in [0.05, 0.1) is 17.3 Å². The van der Waals surface area contributed by atoms with Crippen LogP contribution in [0.4, 0.5) is 0 Å². The van der Waals surface area contributed by atoms with E-state index in [0.717, 1.165) is 25.7 Å². The van der Waals surface area contributed by atoms with Crippen molar-refractivity contribution in [2.24, 2.45) is 29.1 Å². The lowest BCUT2D eigenvalue weighted by atomic mass is 9.76. The maximum Gasteiger partial charge on any atom is 0.0812 e. The van der Waals surface area contributed by atoms with E-state index in [-0.39, 0.29) is 17.4 Å². The summed E-state index contributed by atoms with van der Waals surface area (Å²) in [6.07, 6.45) is 7.99. The molecule has 0 aromatic carbocycles. The van der Waals surface area contributed by atoms with E-state index < -0.39 is 11.2 Å². The number of aliphatic hydroxyl groups is 2. The SMILES string of the molecule is C=C1CC[C@@H]2[C@H]([C@H]3[C@H]1CC[C@]3(C)O)[C@@]2(C)[C@H](/C=C/C(C)(C)O)OC. The van der Waals surface area contributed by atoms with E-state index in [1.165, 1.54) is 5.57 Å². The molecular formula is C21H34O3. The molecule has 3 saturated carbocycles. The first kappa shape index (κ1) is 18.2. The zero-order valence-electron chi connectivity index (χ0n) is 15.9. The highest BCUT2D eigenvalue weighted by Gasteiger charge is 2.71. The molecule has 0 spiro atoms. The predicted octanol–water partition coefficient (Wildman–Crippen LogP) is 3.71. The minimum absolute atomic E-state index is 0.0256. The number of rotatable bonds is 4. The summed E-state index contributed by atoms with van der Waals surface area (Å²) in [5.41, 5.74) is -0.0567. The third-order valence-electron chi connectivity index (χ3n) is 7.19. The van der Waals surface area contributed by atoms with Crippen molar-refractivity contribution < 1.29 is 14.9 Å². The second-order valence-electron chi connectivity index (χ2n) is 9.39. The van der Waals surface area contributed by atoms with E-state index in [0.29, 0.717) is 17.8 Å². The molecule has 7 atom stereocenters. The minimum atomic E-state index is -0.834. The normalized spacial score (nSPS) is 46.5. The van der Waals surface area contributed by atoms with Gasteiger partial charge in [0.2, 0.25) is 0 Å². The summed E-state index contributed by atoms with van der Waals surface area (Å²) in [4.78, 5) is 0. The van der Waals surface area contributed by atoms with E-state index in [1.807, 2.05) is 19.1 Å². The molecular weight excluding hydrogens is 300 g/mol. The molecule has 3 heteroatoms. The molecule has 24 heavy (non-hydrogen) atoms. The number of allylic oxidation sites excluding steroid dienone is 1. The lowest BCUT2D eigenvalue weighted by molar-refractivity contribution is -0.0119. The molecule has 0 radical (unpaired) electrons. The molecule has 3 nitrogen and oxygen atoms in total. The van der Waals surface area contributed by atoms with Crippen molar-refractivity contribution in [2.45, 2.75) is 70.7 Å². The van der Waals surface area contributed by atoms with Crippen molar-refractivity contribution >= 4 is 0 Å². The van der Waals surface area contributed by atoms with Crippen molar-refractivity contribution in [3.8, 4) is 0 Å². The standard InChI is InChI=1S/C21H34O3/c1-13-7-8-15-18(17-14(13)9-12-20(17,4)23)21(15,5)16(24-6)10-11-19(2,3)22/h10-11,14-18,22-23H,1,7-9,12H2,2-6H3/b11-10+/t14-,15+,16-,17+,18+,20-,21+/m0/s1. The van der Waals surface area contributed by atoms with Crippen LogP contribution >= 0.6 is 0 Å². The van der Waals surface area contributed by atoms with Gasteiger partial charge in [0, 0.05) is 12.5 Å². The molecule has 0 amide bonds. The summed E-state index contributed by atoms with van der Waals surface area (Å²) in [5.74, 6) is 1.77. The van der Waals surface area contributed by atoms with Gasteiger partial charge in [-0.3, -0.25) is 0 Å². The second kappa shape index (κ2) is 5.69. The van der Waals surface area contributed by atoms with Crippen molar-refractivity contribution in [3.05, 3.63) is 24.3 Å². The van der Waals surface area contributed by atoms with Crippen molar-refractivity contribution in [2.75, 3.05) is 7.11 Å². The summed E-state index contributed by atoms with van der Waals surface area (Å²) >= 11 is 0. The van der Waals surface area contributed by atoms with Gasteiger partial charge in [-0.2, -0.15) is 0 Å². The first-order valence-corrected chi connectivity index (χ1v) is 9.37. The molecule has 3 aliphatic rings. The van der Waals surface area contributed by atoms with Crippen LogP contribution in [0.3, 0.4) is 0 Å². The van der Waals surface area contributed by atoms with Crippen LogP contribution in [0.5, 0.6) is 0 Å². The number of hydrogen-bond acceptors (Lipinski definition) is 3. The Morgan fingerprint density at radius 3 is 2.54 bits per heavy atom. The summed E-state index contributed by atoms with van der Waals surface area (Å²) < 4.78 is 5.85. The van der Waals surface area contributed by atoms with E-state index in [9.17, 15) is 10.2 Å². The maximum atomic E-state index is 11.0. The predicted molar refractivity (Wildman–Crippen MR) is 96.5 cm³/mol. The Balaban J connectivity index is 1.90. The second-order valence-corrected chi connectivity index (χ2v) is 9.39. The van der Waals surface area contributed by atoms with Crippen LogP contribution in [0.25, 0.3) is 0 Å². The highest BCUT2D eigenvalue weighted by atomic mass is 16.5. The van der Waals surface area contributed by atoms with Crippen molar-refractivity contribution in [3.63, 3.8) is 0 Å². The Morgan fingerprint density at radius 2 is 1.96 bits per heavy atom. The topological polar surface area (TPSA) is 49.7 Å². The molecule has 0 unspecified atom stereocenters.